The number of hydrazone groups is 1. The molecule has 0 fully saturated rings. The van der Waals surface area contributed by atoms with Crippen molar-refractivity contribution in [3.05, 3.63) is 60.7 Å². The van der Waals surface area contributed by atoms with Gasteiger partial charge in [0.15, 0.2) is 5.11 Å². The molecule has 2 aromatic rings. The van der Waals surface area contributed by atoms with Crippen LogP contribution in [0.2, 0.25) is 0 Å². The van der Waals surface area contributed by atoms with Gasteiger partial charge in [0.05, 0.1) is 5.71 Å². The van der Waals surface area contributed by atoms with Gasteiger partial charge < -0.3 is 5.32 Å². The fourth-order valence-electron chi connectivity index (χ4n) is 1.82. The van der Waals surface area contributed by atoms with Crippen molar-refractivity contribution < 1.29 is 0 Å². The first-order valence-electron chi connectivity index (χ1n) is 6.39. The summed E-state index contributed by atoms with van der Waals surface area (Å²) >= 11 is 5.09. The van der Waals surface area contributed by atoms with Gasteiger partial charge in [0.25, 0.3) is 0 Å². The summed E-state index contributed by atoms with van der Waals surface area (Å²) in [6.45, 7) is 6.19. The van der Waals surface area contributed by atoms with Crippen LogP contribution in [0.15, 0.2) is 60.2 Å². The second kappa shape index (κ2) is 6.82. The Morgan fingerprint density at radius 1 is 1.25 bits per heavy atom. The molecule has 0 amide bonds. The Kier molecular flexibility index (Phi) is 4.85. The van der Waals surface area contributed by atoms with Crippen LogP contribution in [0.25, 0.3) is 10.8 Å². The third kappa shape index (κ3) is 3.65. The van der Waals surface area contributed by atoms with Gasteiger partial charge in [0.1, 0.15) is 0 Å². The lowest BCUT2D eigenvalue weighted by Gasteiger charge is -2.07. The van der Waals surface area contributed by atoms with E-state index in [2.05, 4.69) is 52.8 Å². The van der Waals surface area contributed by atoms with Crippen molar-refractivity contribution in [1.82, 2.24) is 10.7 Å². The van der Waals surface area contributed by atoms with Gasteiger partial charge in [-0.2, -0.15) is 5.10 Å². The van der Waals surface area contributed by atoms with Crippen LogP contribution < -0.4 is 10.7 Å². The molecule has 0 radical (unpaired) electrons. The summed E-state index contributed by atoms with van der Waals surface area (Å²) in [4.78, 5) is 0. The number of hydrogen-bond donors (Lipinski definition) is 2. The quantitative estimate of drug-likeness (QED) is 0.391. The van der Waals surface area contributed by atoms with Gasteiger partial charge in [-0.3, -0.25) is 5.43 Å². The summed E-state index contributed by atoms with van der Waals surface area (Å²) in [6, 6.07) is 14.5. The fourth-order valence-corrected chi connectivity index (χ4v) is 1.95. The van der Waals surface area contributed by atoms with Crippen molar-refractivity contribution in [2.75, 3.05) is 6.54 Å². The minimum atomic E-state index is 0.491. The first kappa shape index (κ1) is 14.2. The van der Waals surface area contributed by atoms with E-state index in [0.29, 0.717) is 11.7 Å². The Hall–Kier alpha value is -2.20. The summed E-state index contributed by atoms with van der Waals surface area (Å²) in [5, 5.41) is 10.2. The highest BCUT2D eigenvalue weighted by Gasteiger charge is 2.00. The van der Waals surface area contributed by atoms with Crippen LogP contribution in [0.1, 0.15) is 12.5 Å². The van der Waals surface area contributed by atoms with E-state index in [-0.39, 0.29) is 0 Å². The zero-order valence-corrected chi connectivity index (χ0v) is 12.2. The fraction of sp³-hybridized carbons (Fsp3) is 0.125. The summed E-state index contributed by atoms with van der Waals surface area (Å²) in [5.74, 6) is 0. The molecule has 0 spiro atoms. The molecular weight excluding hydrogens is 266 g/mol. The predicted octanol–water partition coefficient (Wildman–Crippen LogP) is 3.21. The van der Waals surface area contributed by atoms with Crippen LogP contribution in [-0.4, -0.2) is 17.4 Å². The molecule has 0 aromatic heterocycles. The maximum Gasteiger partial charge on any atom is 0.187 e. The number of thiocarbonyl (C=S) groups is 1. The SMILES string of the molecule is C=CCNC(=S)N/N=C(\C)c1ccc2ccccc2c1. The summed E-state index contributed by atoms with van der Waals surface area (Å²) in [7, 11) is 0. The van der Waals surface area contributed by atoms with Crippen molar-refractivity contribution in [3.8, 4) is 0 Å². The summed E-state index contributed by atoms with van der Waals surface area (Å²) in [5.41, 5.74) is 4.78. The summed E-state index contributed by atoms with van der Waals surface area (Å²) in [6.07, 6.45) is 1.74. The molecule has 0 bridgehead atoms. The molecule has 4 heteroatoms. The first-order valence-corrected chi connectivity index (χ1v) is 6.80. The van der Waals surface area contributed by atoms with Gasteiger partial charge in [0, 0.05) is 6.54 Å². The van der Waals surface area contributed by atoms with E-state index in [1.165, 1.54) is 10.8 Å². The van der Waals surface area contributed by atoms with E-state index < -0.39 is 0 Å². The van der Waals surface area contributed by atoms with Crippen molar-refractivity contribution in [1.29, 1.82) is 0 Å². The van der Waals surface area contributed by atoms with E-state index in [9.17, 15) is 0 Å². The average Bonchev–Trinajstić information content (AvgIpc) is 2.50. The molecule has 0 unspecified atom stereocenters. The number of rotatable bonds is 4. The third-order valence-electron chi connectivity index (χ3n) is 2.90. The molecule has 0 heterocycles. The topological polar surface area (TPSA) is 36.4 Å². The lowest BCUT2D eigenvalue weighted by molar-refractivity contribution is 0.936. The van der Waals surface area contributed by atoms with Crippen LogP contribution in [0, 0.1) is 0 Å². The van der Waals surface area contributed by atoms with Crippen molar-refractivity contribution in [2.45, 2.75) is 6.92 Å². The highest BCUT2D eigenvalue weighted by molar-refractivity contribution is 7.80. The molecule has 0 saturated carbocycles. The second-order valence-corrected chi connectivity index (χ2v) is 4.78. The Morgan fingerprint density at radius 2 is 2.00 bits per heavy atom. The molecule has 20 heavy (non-hydrogen) atoms. The van der Waals surface area contributed by atoms with Gasteiger partial charge in [-0.05, 0) is 41.5 Å². The lowest BCUT2D eigenvalue weighted by Crippen LogP contribution is -2.32. The molecule has 0 aliphatic rings. The van der Waals surface area contributed by atoms with Gasteiger partial charge in [-0.15, -0.1) is 6.58 Å². The van der Waals surface area contributed by atoms with Crippen molar-refractivity contribution in [3.63, 3.8) is 0 Å². The predicted molar refractivity (Wildman–Crippen MR) is 90.1 cm³/mol. The van der Waals surface area contributed by atoms with Crippen LogP contribution in [-0.2, 0) is 0 Å². The molecule has 102 valence electrons. The van der Waals surface area contributed by atoms with E-state index in [1.54, 1.807) is 6.08 Å². The largest absolute Gasteiger partial charge is 0.358 e. The highest BCUT2D eigenvalue weighted by Crippen LogP contribution is 2.15. The molecular formula is C16H17N3S. The zero-order chi connectivity index (χ0) is 14.4. The van der Waals surface area contributed by atoms with E-state index in [0.717, 1.165) is 11.3 Å². The van der Waals surface area contributed by atoms with Crippen molar-refractivity contribution in [2.24, 2.45) is 5.10 Å². The third-order valence-corrected chi connectivity index (χ3v) is 3.13. The molecule has 0 aliphatic carbocycles. The van der Waals surface area contributed by atoms with Crippen molar-refractivity contribution >= 4 is 33.8 Å². The minimum absolute atomic E-state index is 0.491. The molecule has 2 rings (SSSR count). The van der Waals surface area contributed by atoms with Gasteiger partial charge in [0.2, 0.25) is 0 Å². The number of nitrogens with one attached hydrogen (secondary N) is 2. The maximum absolute atomic E-state index is 5.09. The number of nitrogens with zero attached hydrogens (tertiary/aromatic N) is 1. The number of hydrogen-bond acceptors (Lipinski definition) is 2. The van der Waals surface area contributed by atoms with Gasteiger partial charge in [-0.1, -0.05) is 42.5 Å². The van der Waals surface area contributed by atoms with Crippen LogP contribution in [0.4, 0.5) is 0 Å². The Labute approximate surface area is 124 Å². The van der Waals surface area contributed by atoms with E-state index >= 15 is 0 Å². The number of fused-ring (bicyclic) bond motifs is 1. The van der Waals surface area contributed by atoms with E-state index in [4.69, 9.17) is 12.2 Å². The highest BCUT2D eigenvalue weighted by atomic mass is 32.1. The van der Waals surface area contributed by atoms with Gasteiger partial charge in [-0.25, -0.2) is 0 Å². The second-order valence-electron chi connectivity index (χ2n) is 4.37. The molecule has 0 atom stereocenters. The first-order chi connectivity index (χ1) is 9.70. The maximum atomic E-state index is 5.09. The van der Waals surface area contributed by atoms with E-state index in [1.807, 2.05) is 19.1 Å². The standard InChI is InChI=1S/C16H17N3S/c1-3-10-17-16(20)19-18-12(2)14-9-8-13-6-4-5-7-15(13)11-14/h3-9,11H,1,10H2,2H3,(H2,17,19,20)/b18-12+. The summed E-state index contributed by atoms with van der Waals surface area (Å²) < 4.78 is 0. The molecule has 0 saturated heterocycles. The van der Waals surface area contributed by atoms with Gasteiger partial charge >= 0.3 is 0 Å². The molecule has 0 aliphatic heterocycles. The van der Waals surface area contributed by atoms with Crippen LogP contribution in [0.3, 0.4) is 0 Å². The Bertz CT molecular complexity index is 662. The van der Waals surface area contributed by atoms with Crippen LogP contribution in [0.5, 0.6) is 0 Å². The number of benzene rings is 2. The monoisotopic (exact) mass is 283 g/mol. The van der Waals surface area contributed by atoms with Crippen LogP contribution >= 0.6 is 12.2 Å². The zero-order valence-electron chi connectivity index (χ0n) is 11.4. The Balaban J connectivity index is 2.12. The lowest BCUT2D eigenvalue weighted by atomic mass is 10.0. The molecule has 2 aromatic carbocycles. The molecule has 2 N–H and O–H groups in total. The Morgan fingerprint density at radius 3 is 2.75 bits per heavy atom. The normalized spacial score (nSPS) is 11.2. The minimum Gasteiger partial charge on any atom is -0.358 e. The average molecular weight is 283 g/mol. The smallest absolute Gasteiger partial charge is 0.187 e. The molecule has 3 nitrogen and oxygen atoms in total.